The molecule has 1 aliphatic heterocycles. The lowest BCUT2D eigenvalue weighted by molar-refractivity contribution is -0.137. The number of nitrogens with zero attached hydrogens (tertiary/aromatic N) is 6. The van der Waals surface area contributed by atoms with Crippen molar-refractivity contribution in [2.24, 2.45) is 0 Å². The number of halogens is 3. The maximum Gasteiger partial charge on any atom is 0.416 e. The number of ether oxygens (including phenoxy) is 1. The van der Waals surface area contributed by atoms with Crippen LogP contribution in [-0.2, 0) is 24.0 Å². The molecule has 1 fully saturated rings. The van der Waals surface area contributed by atoms with Crippen molar-refractivity contribution < 1.29 is 17.9 Å². The summed E-state index contributed by atoms with van der Waals surface area (Å²) in [5.74, 6) is 1.90. The number of hydrogen-bond acceptors (Lipinski definition) is 7. The zero-order chi connectivity index (χ0) is 27.5. The Morgan fingerprint density at radius 3 is 2.33 bits per heavy atom. The van der Waals surface area contributed by atoms with E-state index in [4.69, 9.17) is 14.7 Å². The molecule has 0 amide bonds. The van der Waals surface area contributed by atoms with Gasteiger partial charge in [0.05, 0.1) is 31.6 Å². The minimum atomic E-state index is -4.38. The van der Waals surface area contributed by atoms with E-state index in [0.717, 1.165) is 42.2 Å². The lowest BCUT2D eigenvalue weighted by Gasteiger charge is -2.27. The molecule has 5 aromatic rings. The van der Waals surface area contributed by atoms with Gasteiger partial charge in [-0.2, -0.15) is 13.2 Å². The van der Waals surface area contributed by atoms with Crippen molar-refractivity contribution in [3.8, 4) is 11.4 Å². The first-order chi connectivity index (χ1) is 19.4. The summed E-state index contributed by atoms with van der Waals surface area (Å²) in [6.45, 7) is 3.74. The summed E-state index contributed by atoms with van der Waals surface area (Å²) in [5, 5.41) is 3.38. The highest BCUT2D eigenvalue weighted by molar-refractivity contribution is 5.85. The second-order valence-electron chi connectivity index (χ2n) is 9.48. The van der Waals surface area contributed by atoms with E-state index < -0.39 is 11.7 Å². The number of aromatic nitrogens is 5. The van der Waals surface area contributed by atoms with Gasteiger partial charge in [-0.05, 0) is 35.4 Å². The molecule has 1 saturated heterocycles. The summed E-state index contributed by atoms with van der Waals surface area (Å²) in [7, 11) is 0. The largest absolute Gasteiger partial charge is 0.416 e. The number of alkyl halides is 3. The van der Waals surface area contributed by atoms with E-state index >= 15 is 0 Å². The number of nitrogens with one attached hydrogen (secondary N) is 1. The summed E-state index contributed by atoms with van der Waals surface area (Å²) < 4.78 is 46.3. The molecule has 0 unspecified atom stereocenters. The van der Waals surface area contributed by atoms with Gasteiger partial charge < -0.3 is 19.5 Å². The van der Waals surface area contributed by atoms with Crippen LogP contribution in [0.2, 0.25) is 0 Å². The van der Waals surface area contributed by atoms with Crippen LogP contribution in [0, 0.1) is 0 Å². The fourth-order valence-corrected chi connectivity index (χ4v) is 4.59. The molecule has 1 N–H and O–H groups in total. The highest BCUT2D eigenvalue weighted by Crippen LogP contribution is 2.30. The number of pyridine rings is 1. The molecule has 2 aromatic carbocycles. The predicted molar refractivity (Wildman–Crippen MR) is 146 cm³/mol. The highest BCUT2D eigenvalue weighted by Gasteiger charge is 2.30. The van der Waals surface area contributed by atoms with Crippen molar-refractivity contribution in [3.05, 3.63) is 95.9 Å². The summed E-state index contributed by atoms with van der Waals surface area (Å²) >= 11 is 0. The van der Waals surface area contributed by atoms with Gasteiger partial charge in [0.1, 0.15) is 11.3 Å². The molecule has 0 saturated carbocycles. The number of fused-ring (bicyclic) bond motifs is 1. The van der Waals surface area contributed by atoms with Crippen LogP contribution in [0.1, 0.15) is 16.7 Å². The molecule has 11 heteroatoms. The van der Waals surface area contributed by atoms with Gasteiger partial charge in [0.15, 0.2) is 17.3 Å². The average Bonchev–Trinajstić information content (AvgIpc) is 3.39. The molecule has 40 heavy (non-hydrogen) atoms. The van der Waals surface area contributed by atoms with E-state index in [9.17, 15) is 13.2 Å². The fourth-order valence-electron chi connectivity index (χ4n) is 4.59. The second-order valence-corrected chi connectivity index (χ2v) is 9.48. The molecule has 0 bridgehead atoms. The molecule has 0 radical (unpaired) electrons. The van der Waals surface area contributed by atoms with Gasteiger partial charge in [0, 0.05) is 31.4 Å². The van der Waals surface area contributed by atoms with E-state index in [0.29, 0.717) is 54.7 Å². The van der Waals surface area contributed by atoms with Crippen LogP contribution in [0.25, 0.3) is 22.6 Å². The molecule has 6 rings (SSSR count). The quantitative estimate of drug-likeness (QED) is 0.293. The Morgan fingerprint density at radius 1 is 0.850 bits per heavy atom. The Balaban J connectivity index is 1.34. The standard InChI is InChI=1S/C29H26F3N7O/c30-29(31,32)23-9-6-21(7-10-23)18-39-19-35-25-27(34-16-20-4-2-1-3-5-20)36-26(37-28(25)39)22-8-11-24(33-17-22)38-12-14-40-15-13-38/h1-11,17,19H,12-16,18H2,(H,34,36,37). The Bertz CT molecular complexity index is 1580. The molecule has 8 nitrogen and oxygen atoms in total. The summed E-state index contributed by atoms with van der Waals surface area (Å²) in [6.07, 6.45) is -0.995. The molecule has 0 atom stereocenters. The number of rotatable bonds is 7. The number of morpholine rings is 1. The first-order valence-corrected chi connectivity index (χ1v) is 12.9. The number of anilines is 2. The van der Waals surface area contributed by atoms with Gasteiger partial charge in [-0.3, -0.25) is 0 Å². The molecule has 1 aliphatic rings. The first-order valence-electron chi connectivity index (χ1n) is 12.9. The van der Waals surface area contributed by atoms with Crippen molar-refractivity contribution in [1.82, 2.24) is 24.5 Å². The van der Waals surface area contributed by atoms with E-state index in [2.05, 4.69) is 20.2 Å². The molecule has 3 aromatic heterocycles. The molecule has 0 spiro atoms. The van der Waals surface area contributed by atoms with E-state index in [-0.39, 0.29) is 0 Å². The monoisotopic (exact) mass is 545 g/mol. The Labute approximate surface area is 228 Å². The van der Waals surface area contributed by atoms with E-state index in [1.54, 1.807) is 12.5 Å². The molecule has 4 heterocycles. The third kappa shape index (κ3) is 5.59. The lowest BCUT2D eigenvalue weighted by Crippen LogP contribution is -2.36. The molecule has 0 aliphatic carbocycles. The smallest absolute Gasteiger partial charge is 0.378 e. The van der Waals surface area contributed by atoms with Crippen molar-refractivity contribution in [2.45, 2.75) is 19.3 Å². The summed E-state index contributed by atoms with van der Waals surface area (Å²) in [6, 6.07) is 18.9. The third-order valence-electron chi connectivity index (χ3n) is 6.74. The van der Waals surface area contributed by atoms with Crippen LogP contribution in [0.3, 0.4) is 0 Å². The minimum absolute atomic E-state index is 0.303. The average molecular weight is 546 g/mol. The maximum absolute atomic E-state index is 13.0. The Kier molecular flexibility index (Phi) is 7.04. The van der Waals surface area contributed by atoms with Gasteiger partial charge in [0.25, 0.3) is 0 Å². The number of hydrogen-bond donors (Lipinski definition) is 1. The zero-order valence-corrected chi connectivity index (χ0v) is 21.5. The van der Waals surface area contributed by atoms with Gasteiger partial charge in [-0.25, -0.2) is 19.9 Å². The van der Waals surface area contributed by atoms with Crippen LogP contribution in [0.15, 0.2) is 79.3 Å². The van der Waals surface area contributed by atoms with Crippen LogP contribution >= 0.6 is 0 Å². The molecule has 204 valence electrons. The van der Waals surface area contributed by atoms with Crippen molar-refractivity contribution >= 4 is 22.8 Å². The maximum atomic E-state index is 13.0. The van der Waals surface area contributed by atoms with Crippen LogP contribution in [-0.4, -0.2) is 50.8 Å². The SMILES string of the molecule is FC(F)(F)c1ccc(Cn2cnc3c(NCc4ccccc4)nc(-c4ccc(N5CCOCC5)nc4)nc32)cc1. The van der Waals surface area contributed by atoms with Crippen molar-refractivity contribution in [3.63, 3.8) is 0 Å². The fraction of sp³-hybridized carbons (Fsp3) is 0.241. The second kappa shape index (κ2) is 10.9. The summed E-state index contributed by atoms with van der Waals surface area (Å²) in [4.78, 5) is 21.0. The predicted octanol–water partition coefficient (Wildman–Crippen LogP) is 5.40. The normalized spacial score (nSPS) is 14.0. The van der Waals surface area contributed by atoms with Gasteiger partial charge >= 0.3 is 6.18 Å². The van der Waals surface area contributed by atoms with Gasteiger partial charge in [-0.15, -0.1) is 0 Å². The first kappa shape index (κ1) is 25.8. The zero-order valence-electron chi connectivity index (χ0n) is 21.5. The molecular weight excluding hydrogens is 519 g/mol. The van der Waals surface area contributed by atoms with E-state index in [1.807, 2.05) is 47.0 Å². The molecular formula is C29H26F3N7O. The minimum Gasteiger partial charge on any atom is -0.378 e. The van der Waals surface area contributed by atoms with E-state index in [1.165, 1.54) is 12.1 Å². The third-order valence-corrected chi connectivity index (χ3v) is 6.74. The Hall–Kier alpha value is -4.51. The van der Waals surface area contributed by atoms with Crippen molar-refractivity contribution in [1.29, 1.82) is 0 Å². The van der Waals surface area contributed by atoms with Gasteiger partial charge in [-0.1, -0.05) is 42.5 Å². The van der Waals surface area contributed by atoms with Gasteiger partial charge in [0.2, 0.25) is 0 Å². The van der Waals surface area contributed by atoms with Crippen LogP contribution < -0.4 is 10.2 Å². The number of benzene rings is 2. The lowest BCUT2D eigenvalue weighted by atomic mass is 10.1. The van der Waals surface area contributed by atoms with Crippen LogP contribution in [0.5, 0.6) is 0 Å². The Morgan fingerprint density at radius 2 is 1.62 bits per heavy atom. The topological polar surface area (TPSA) is 81.0 Å². The van der Waals surface area contributed by atoms with Crippen LogP contribution in [0.4, 0.5) is 24.8 Å². The highest BCUT2D eigenvalue weighted by atomic mass is 19.4. The summed E-state index contributed by atoms with van der Waals surface area (Å²) in [5.41, 5.74) is 2.97. The number of imidazole rings is 1. The van der Waals surface area contributed by atoms with Crippen molar-refractivity contribution in [2.75, 3.05) is 36.5 Å².